The molecule has 3 rings (SSSR count). The van der Waals surface area contributed by atoms with E-state index in [0.717, 1.165) is 36.8 Å². The zero-order valence-electron chi connectivity index (χ0n) is 15.9. The molecule has 5 heteroatoms. The molecule has 2 amide bonds. The zero-order valence-corrected chi connectivity index (χ0v) is 15.9. The van der Waals surface area contributed by atoms with Gasteiger partial charge in [-0.25, -0.2) is 5.48 Å². The Labute approximate surface area is 165 Å². The molecule has 1 aromatic carbocycles. The highest BCUT2D eigenvalue weighted by molar-refractivity contribution is 6.00. The number of benzene rings is 1. The molecule has 0 heterocycles. The summed E-state index contributed by atoms with van der Waals surface area (Å²) in [6.07, 6.45) is 14.8. The molecule has 5 nitrogen and oxygen atoms in total. The van der Waals surface area contributed by atoms with E-state index in [4.69, 9.17) is 5.21 Å². The zero-order chi connectivity index (χ0) is 19.8. The molecule has 0 aliphatic heterocycles. The van der Waals surface area contributed by atoms with Crippen LogP contribution < -0.4 is 10.8 Å². The van der Waals surface area contributed by atoms with Gasteiger partial charge in [0.05, 0.1) is 0 Å². The second-order valence-corrected chi connectivity index (χ2v) is 6.99. The molecule has 0 radical (unpaired) electrons. The Morgan fingerprint density at radius 3 is 2.68 bits per heavy atom. The van der Waals surface area contributed by atoms with E-state index >= 15 is 0 Å². The molecule has 2 aliphatic carbocycles. The van der Waals surface area contributed by atoms with Crippen LogP contribution in [0.15, 0.2) is 60.2 Å². The van der Waals surface area contributed by atoms with Crippen LogP contribution in [0.3, 0.4) is 0 Å². The molecule has 0 unspecified atom stereocenters. The van der Waals surface area contributed by atoms with Crippen LogP contribution in [0.5, 0.6) is 0 Å². The molecule has 28 heavy (non-hydrogen) atoms. The van der Waals surface area contributed by atoms with E-state index in [1.54, 1.807) is 11.6 Å². The Morgan fingerprint density at radius 1 is 1.04 bits per heavy atom. The van der Waals surface area contributed by atoms with Crippen molar-refractivity contribution in [3.05, 3.63) is 71.3 Å². The first-order valence-electron chi connectivity index (χ1n) is 9.79. The predicted molar refractivity (Wildman–Crippen MR) is 110 cm³/mol. The maximum atomic E-state index is 12.4. The van der Waals surface area contributed by atoms with E-state index in [2.05, 4.69) is 35.7 Å². The minimum Gasteiger partial charge on any atom is -0.353 e. The fraction of sp³-hybridized carbons (Fsp3) is 0.304. The number of unbranched alkanes of at least 4 members (excludes halogenated alkanes) is 2. The number of carbonyl (C=O) groups is 2. The second-order valence-electron chi connectivity index (χ2n) is 6.99. The van der Waals surface area contributed by atoms with Crippen LogP contribution in [0.1, 0.15) is 49.7 Å². The number of amides is 2. The van der Waals surface area contributed by atoms with Gasteiger partial charge >= 0.3 is 0 Å². The van der Waals surface area contributed by atoms with Crippen LogP contribution >= 0.6 is 0 Å². The molecule has 2 aliphatic rings. The maximum absolute atomic E-state index is 12.4. The molecule has 0 atom stereocenters. The smallest absolute Gasteiger partial charge is 0.244 e. The van der Waals surface area contributed by atoms with Crippen LogP contribution in [-0.4, -0.2) is 23.6 Å². The standard InChI is InChI=1S/C23H26N2O3/c26-22(25-28)12-2-1-7-15-24-23(27)16-18-14-13-17-8-3-4-9-19(17)21-11-6-5-10-20(18)21/h3,5-6,8,10-11,13-14,16,28H,1-2,4,7,9,12,15H2,(H,24,27)(H,25,26)/b18-16+. The van der Waals surface area contributed by atoms with E-state index in [-0.39, 0.29) is 11.8 Å². The van der Waals surface area contributed by atoms with Crippen LogP contribution in [0.25, 0.3) is 11.1 Å². The first-order valence-corrected chi connectivity index (χ1v) is 9.79. The van der Waals surface area contributed by atoms with Gasteiger partial charge in [0, 0.05) is 19.0 Å². The highest BCUT2D eigenvalue weighted by Gasteiger charge is 2.17. The average Bonchev–Trinajstić information content (AvgIpc) is 2.88. The second kappa shape index (κ2) is 9.85. The molecule has 0 saturated carbocycles. The van der Waals surface area contributed by atoms with Crippen molar-refractivity contribution in [2.45, 2.75) is 38.5 Å². The predicted octanol–water partition coefficient (Wildman–Crippen LogP) is 3.93. The first-order chi connectivity index (χ1) is 13.7. The average molecular weight is 378 g/mol. The largest absolute Gasteiger partial charge is 0.353 e. The van der Waals surface area contributed by atoms with Crippen molar-refractivity contribution in [1.82, 2.24) is 10.8 Å². The van der Waals surface area contributed by atoms with E-state index in [0.29, 0.717) is 19.4 Å². The highest BCUT2D eigenvalue weighted by Crippen LogP contribution is 2.37. The first kappa shape index (κ1) is 19.8. The van der Waals surface area contributed by atoms with Gasteiger partial charge in [-0.05, 0) is 53.5 Å². The van der Waals surface area contributed by atoms with Gasteiger partial charge in [-0.15, -0.1) is 0 Å². The number of hydrogen-bond donors (Lipinski definition) is 3. The van der Waals surface area contributed by atoms with E-state index in [1.165, 1.54) is 16.7 Å². The molecular formula is C23H26N2O3. The van der Waals surface area contributed by atoms with Crippen molar-refractivity contribution in [3.8, 4) is 0 Å². The summed E-state index contributed by atoms with van der Waals surface area (Å²) in [5.41, 5.74) is 7.38. The van der Waals surface area contributed by atoms with Crippen molar-refractivity contribution in [1.29, 1.82) is 0 Å². The summed E-state index contributed by atoms with van der Waals surface area (Å²) in [4.78, 5) is 23.3. The number of fused-ring (bicyclic) bond motifs is 2. The normalized spacial score (nSPS) is 16.4. The van der Waals surface area contributed by atoms with Crippen LogP contribution in [-0.2, 0) is 9.59 Å². The van der Waals surface area contributed by atoms with Gasteiger partial charge in [0.25, 0.3) is 0 Å². The number of nitrogens with one attached hydrogen (secondary N) is 2. The van der Waals surface area contributed by atoms with E-state index in [1.807, 2.05) is 18.2 Å². The van der Waals surface area contributed by atoms with Gasteiger partial charge in [-0.3, -0.25) is 14.8 Å². The Bertz CT molecular complexity index is 862. The number of rotatable bonds is 7. The van der Waals surface area contributed by atoms with Crippen molar-refractivity contribution in [2.75, 3.05) is 6.54 Å². The minimum absolute atomic E-state index is 0.113. The van der Waals surface area contributed by atoms with Crippen molar-refractivity contribution in [3.63, 3.8) is 0 Å². The lowest BCUT2D eigenvalue weighted by molar-refractivity contribution is -0.129. The van der Waals surface area contributed by atoms with Gasteiger partial charge in [-0.1, -0.05) is 55.0 Å². The summed E-state index contributed by atoms with van der Waals surface area (Å²) >= 11 is 0. The molecule has 0 saturated heterocycles. The third kappa shape index (κ3) is 5.08. The molecular weight excluding hydrogens is 352 g/mol. The lowest BCUT2D eigenvalue weighted by Crippen LogP contribution is -2.22. The lowest BCUT2D eigenvalue weighted by Gasteiger charge is -2.15. The van der Waals surface area contributed by atoms with Gasteiger partial charge in [-0.2, -0.15) is 0 Å². The fourth-order valence-electron chi connectivity index (χ4n) is 3.57. The van der Waals surface area contributed by atoms with Gasteiger partial charge < -0.3 is 5.32 Å². The summed E-state index contributed by atoms with van der Waals surface area (Å²) < 4.78 is 0. The summed E-state index contributed by atoms with van der Waals surface area (Å²) in [6.45, 7) is 0.562. The Morgan fingerprint density at radius 2 is 1.86 bits per heavy atom. The molecule has 3 N–H and O–H groups in total. The van der Waals surface area contributed by atoms with Crippen LogP contribution in [0.2, 0.25) is 0 Å². The SMILES string of the molecule is O=C(/C=C1\C=CC2=C(CCC=C2)c2ccccc21)NCCCCCC(=O)NO. The van der Waals surface area contributed by atoms with Gasteiger partial charge in [0.1, 0.15) is 0 Å². The van der Waals surface area contributed by atoms with Crippen molar-refractivity contribution >= 4 is 23.0 Å². The monoisotopic (exact) mass is 378 g/mol. The minimum atomic E-state index is -0.376. The number of carbonyl (C=O) groups excluding carboxylic acids is 2. The summed E-state index contributed by atoms with van der Waals surface area (Å²) in [7, 11) is 0. The molecule has 0 spiro atoms. The number of allylic oxidation sites excluding steroid dienone is 7. The van der Waals surface area contributed by atoms with E-state index in [9.17, 15) is 9.59 Å². The van der Waals surface area contributed by atoms with Gasteiger partial charge in [0.15, 0.2) is 0 Å². The molecule has 0 aromatic heterocycles. The van der Waals surface area contributed by atoms with Crippen molar-refractivity contribution < 1.29 is 14.8 Å². The third-order valence-electron chi connectivity index (χ3n) is 5.00. The number of hydroxylamine groups is 1. The molecule has 146 valence electrons. The quantitative estimate of drug-likeness (QED) is 0.291. The molecule has 1 aromatic rings. The van der Waals surface area contributed by atoms with Crippen LogP contribution in [0, 0.1) is 0 Å². The van der Waals surface area contributed by atoms with Crippen LogP contribution in [0.4, 0.5) is 0 Å². The summed E-state index contributed by atoms with van der Waals surface area (Å²) in [5.74, 6) is -0.489. The Kier molecular flexibility index (Phi) is 6.98. The highest BCUT2D eigenvalue weighted by atomic mass is 16.5. The van der Waals surface area contributed by atoms with Gasteiger partial charge in [0.2, 0.25) is 11.8 Å². The molecule has 0 fully saturated rings. The Balaban J connectivity index is 1.62. The number of hydrogen-bond acceptors (Lipinski definition) is 3. The summed E-state index contributed by atoms with van der Waals surface area (Å²) in [5, 5.41) is 11.4. The Hall–Kier alpha value is -2.92. The molecule has 0 bridgehead atoms. The van der Waals surface area contributed by atoms with E-state index < -0.39 is 0 Å². The lowest BCUT2D eigenvalue weighted by atomic mass is 9.89. The van der Waals surface area contributed by atoms with Crippen molar-refractivity contribution in [2.24, 2.45) is 0 Å². The fourth-order valence-corrected chi connectivity index (χ4v) is 3.57. The summed E-state index contributed by atoms with van der Waals surface area (Å²) in [6, 6.07) is 8.25. The topological polar surface area (TPSA) is 78.4 Å². The third-order valence-corrected chi connectivity index (χ3v) is 5.00. The maximum Gasteiger partial charge on any atom is 0.244 e.